The smallest absolute Gasteiger partial charge is 0.266 e. The molecule has 0 aliphatic heterocycles. The summed E-state index contributed by atoms with van der Waals surface area (Å²) in [5, 5.41) is 12.4. The molecule has 0 aliphatic carbocycles. The van der Waals surface area contributed by atoms with Crippen LogP contribution in [0, 0.1) is 31.0 Å². The molecule has 0 saturated carbocycles. The summed E-state index contributed by atoms with van der Waals surface area (Å²) in [6.45, 7) is 6.33. The molecule has 0 bridgehead atoms. The van der Waals surface area contributed by atoms with Crippen molar-refractivity contribution >= 4 is 33.6 Å². The summed E-state index contributed by atoms with van der Waals surface area (Å²) < 4.78 is 25.4. The summed E-state index contributed by atoms with van der Waals surface area (Å²) in [4.78, 5) is 12.8. The Bertz CT molecular complexity index is 1260. The summed E-state index contributed by atoms with van der Waals surface area (Å²) in [7, 11) is 0. The van der Waals surface area contributed by atoms with Crippen molar-refractivity contribution in [3.05, 3.63) is 92.7 Å². The Kier molecular flexibility index (Phi) is 8.44. The lowest BCUT2D eigenvalue weighted by atomic mass is 10.1. The summed E-state index contributed by atoms with van der Waals surface area (Å²) in [6, 6.07) is 17.1. The maximum Gasteiger partial charge on any atom is 0.266 e. The van der Waals surface area contributed by atoms with E-state index < -0.39 is 5.91 Å². The first-order valence-corrected chi connectivity index (χ1v) is 11.4. The highest BCUT2D eigenvalue weighted by Crippen LogP contribution is 2.38. The molecule has 0 unspecified atom stereocenters. The lowest BCUT2D eigenvalue weighted by Crippen LogP contribution is -2.14. The fourth-order valence-electron chi connectivity index (χ4n) is 3.20. The predicted molar refractivity (Wildman–Crippen MR) is 134 cm³/mol. The van der Waals surface area contributed by atoms with E-state index in [9.17, 15) is 14.4 Å². The SMILES string of the molecule is CCOc1cc(/C=C(\C#N)C(=O)Nc2cccc(C)c2C)cc(Br)c1OCc1ccc(F)cc1. The second-order valence-corrected chi connectivity index (χ2v) is 8.40. The number of amides is 1. The zero-order chi connectivity index (χ0) is 24.7. The lowest BCUT2D eigenvalue weighted by Gasteiger charge is -2.15. The van der Waals surface area contributed by atoms with Gasteiger partial charge in [0, 0.05) is 5.69 Å². The monoisotopic (exact) mass is 522 g/mol. The number of nitrogens with one attached hydrogen (secondary N) is 1. The van der Waals surface area contributed by atoms with Crippen LogP contribution in [-0.4, -0.2) is 12.5 Å². The first-order valence-electron chi connectivity index (χ1n) is 10.6. The Balaban J connectivity index is 1.86. The molecule has 0 fully saturated rings. The van der Waals surface area contributed by atoms with Crippen LogP contribution in [0.1, 0.15) is 29.2 Å². The van der Waals surface area contributed by atoms with E-state index in [1.54, 1.807) is 30.3 Å². The highest BCUT2D eigenvalue weighted by atomic mass is 79.9. The van der Waals surface area contributed by atoms with Crippen LogP contribution in [0.25, 0.3) is 6.08 Å². The minimum absolute atomic E-state index is 0.0461. The molecule has 7 heteroatoms. The van der Waals surface area contributed by atoms with Gasteiger partial charge in [-0.3, -0.25) is 4.79 Å². The Labute approximate surface area is 207 Å². The van der Waals surface area contributed by atoms with E-state index in [4.69, 9.17) is 9.47 Å². The highest BCUT2D eigenvalue weighted by Gasteiger charge is 2.15. The van der Waals surface area contributed by atoms with Gasteiger partial charge in [-0.2, -0.15) is 5.26 Å². The number of ether oxygens (including phenoxy) is 2. The summed E-state index contributed by atoms with van der Waals surface area (Å²) in [5.41, 5.74) is 3.99. The molecule has 0 heterocycles. The normalized spacial score (nSPS) is 11.0. The Morgan fingerprint density at radius 1 is 1.15 bits per heavy atom. The van der Waals surface area contributed by atoms with Crippen molar-refractivity contribution in [1.82, 2.24) is 0 Å². The Morgan fingerprint density at radius 2 is 1.88 bits per heavy atom. The van der Waals surface area contributed by atoms with E-state index in [1.807, 2.05) is 39.0 Å². The van der Waals surface area contributed by atoms with Crippen molar-refractivity contribution in [1.29, 1.82) is 5.26 Å². The van der Waals surface area contributed by atoms with Crippen molar-refractivity contribution in [3.8, 4) is 17.6 Å². The summed E-state index contributed by atoms with van der Waals surface area (Å²) in [6.07, 6.45) is 1.50. The number of carbonyl (C=O) groups excluding carboxylic acids is 1. The van der Waals surface area contributed by atoms with Crippen molar-refractivity contribution in [3.63, 3.8) is 0 Å². The fraction of sp³-hybridized carbons (Fsp3) is 0.185. The molecule has 1 amide bonds. The molecular weight excluding hydrogens is 499 g/mol. The molecular formula is C27H24BrFN2O3. The molecule has 0 aliphatic rings. The van der Waals surface area contributed by atoms with Gasteiger partial charge in [-0.05, 0) is 95.4 Å². The highest BCUT2D eigenvalue weighted by molar-refractivity contribution is 9.10. The Morgan fingerprint density at radius 3 is 2.56 bits per heavy atom. The van der Waals surface area contributed by atoms with Crippen LogP contribution in [0.5, 0.6) is 11.5 Å². The average Bonchev–Trinajstić information content (AvgIpc) is 2.81. The van der Waals surface area contributed by atoms with Gasteiger partial charge >= 0.3 is 0 Å². The number of hydrogen-bond acceptors (Lipinski definition) is 4. The van der Waals surface area contributed by atoms with Crippen LogP contribution in [0.15, 0.2) is 64.6 Å². The minimum atomic E-state index is -0.498. The van der Waals surface area contributed by atoms with E-state index in [2.05, 4.69) is 21.2 Å². The third-order valence-electron chi connectivity index (χ3n) is 5.16. The second kappa shape index (κ2) is 11.5. The maximum absolute atomic E-state index is 13.1. The first kappa shape index (κ1) is 25.0. The number of nitrogens with zero attached hydrogens (tertiary/aromatic N) is 1. The van der Waals surface area contributed by atoms with Gasteiger partial charge in [0.05, 0.1) is 11.1 Å². The number of halogens is 2. The molecule has 0 saturated heterocycles. The van der Waals surface area contributed by atoms with E-state index >= 15 is 0 Å². The standard InChI is InChI=1S/C27H24BrFN2O3/c1-4-33-25-14-20(13-23(28)26(25)34-16-19-8-10-22(29)11-9-19)12-21(15-30)27(32)31-24-7-5-6-17(2)18(24)3/h5-14H,4,16H2,1-3H3,(H,31,32)/b21-12+. The number of rotatable bonds is 8. The number of carbonyl (C=O) groups is 1. The molecule has 3 aromatic carbocycles. The van der Waals surface area contributed by atoms with Crippen LogP contribution in [0.3, 0.4) is 0 Å². The zero-order valence-corrected chi connectivity index (χ0v) is 20.7. The zero-order valence-electron chi connectivity index (χ0n) is 19.1. The minimum Gasteiger partial charge on any atom is -0.490 e. The van der Waals surface area contributed by atoms with Crippen molar-refractivity contribution in [2.24, 2.45) is 0 Å². The van der Waals surface area contributed by atoms with E-state index in [0.29, 0.717) is 33.8 Å². The molecule has 0 aromatic heterocycles. The van der Waals surface area contributed by atoms with Gasteiger partial charge < -0.3 is 14.8 Å². The van der Waals surface area contributed by atoms with Crippen LogP contribution >= 0.6 is 15.9 Å². The fourth-order valence-corrected chi connectivity index (χ4v) is 3.78. The van der Waals surface area contributed by atoms with E-state index in [0.717, 1.165) is 16.7 Å². The second-order valence-electron chi connectivity index (χ2n) is 7.55. The molecule has 0 radical (unpaired) electrons. The largest absolute Gasteiger partial charge is 0.490 e. The van der Waals surface area contributed by atoms with Gasteiger partial charge in [0.2, 0.25) is 0 Å². The quantitative estimate of drug-likeness (QED) is 0.263. The number of anilines is 1. The number of aryl methyl sites for hydroxylation is 1. The lowest BCUT2D eigenvalue weighted by molar-refractivity contribution is -0.112. The van der Waals surface area contributed by atoms with Gasteiger partial charge in [-0.15, -0.1) is 0 Å². The Hall–Kier alpha value is -3.63. The third-order valence-corrected chi connectivity index (χ3v) is 5.75. The molecule has 3 rings (SSSR count). The van der Waals surface area contributed by atoms with Crippen molar-refractivity contribution in [2.75, 3.05) is 11.9 Å². The number of hydrogen-bond donors (Lipinski definition) is 1. The molecule has 0 spiro atoms. The molecule has 34 heavy (non-hydrogen) atoms. The predicted octanol–water partition coefficient (Wildman–Crippen LogP) is 6.73. The van der Waals surface area contributed by atoms with Crippen LogP contribution in [0.2, 0.25) is 0 Å². The molecule has 174 valence electrons. The first-order chi connectivity index (χ1) is 16.3. The van der Waals surface area contributed by atoms with Gasteiger partial charge in [-0.25, -0.2) is 4.39 Å². The topological polar surface area (TPSA) is 71.3 Å². The van der Waals surface area contributed by atoms with E-state index in [1.165, 1.54) is 18.2 Å². The van der Waals surface area contributed by atoms with Gasteiger partial charge in [0.1, 0.15) is 24.1 Å². The van der Waals surface area contributed by atoms with Gasteiger partial charge in [0.25, 0.3) is 5.91 Å². The van der Waals surface area contributed by atoms with Crippen LogP contribution in [-0.2, 0) is 11.4 Å². The molecule has 5 nitrogen and oxygen atoms in total. The average molecular weight is 523 g/mol. The number of nitriles is 1. The number of benzene rings is 3. The molecule has 3 aromatic rings. The van der Waals surface area contributed by atoms with Crippen LogP contribution in [0.4, 0.5) is 10.1 Å². The summed E-state index contributed by atoms with van der Waals surface area (Å²) >= 11 is 3.50. The molecule has 1 N–H and O–H groups in total. The molecule has 0 atom stereocenters. The third kappa shape index (κ3) is 6.24. The summed E-state index contributed by atoms with van der Waals surface area (Å²) in [5.74, 6) is 0.118. The van der Waals surface area contributed by atoms with Crippen molar-refractivity contribution in [2.45, 2.75) is 27.4 Å². The van der Waals surface area contributed by atoms with Gasteiger partial charge in [0.15, 0.2) is 11.5 Å². The maximum atomic E-state index is 13.1. The van der Waals surface area contributed by atoms with E-state index in [-0.39, 0.29) is 18.0 Å². The van der Waals surface area contributed by atoms with Crippen LogP contribution < -0.4 is 14.8 Å². The van der Waals surface area contributed by atoms with Gasteiger partial charge in [-0.1, -0.05) is 24.3 Å². The van der Waals surface area contributed by atoms with Crippen molar-refractivity contribution < 1.29 is 18.7 Å².